The lowest BCUT2D eigenvalue weighted by Gasteiger charge is -2.41. The number of carbonyl (C=O) groups is 2. The van der Waals surface area contributed by atoms with Crippen molar-refractivity contribution in [1.29, 1.82) is 0 Å². The van der Waals surface area contributed by atoms with Crippen LogP contribution < -0.4 is 10.6 Å². The molecule has 0 saturated carbocycles. The first-order valence-electron chi connectivity index (χ1n) is 9.61. The Morgan fingerprint density at radius 3 is 2.86 bits per heavy atom. The molecule has 0 radical (unpaired) electrons. The SMILES string of the molecule is O=C1CCC2(CCN1)CCN(C(=O)NCc1nc(-c3cnccn3)n[nH]1)CC2. The van der Waals surface area contributed by atoms with E-state index < -0.39 is 0 Å². The number of nitrogens with one attached hydrogen (secondary N) is 3. The maximum absolute atomic E-state index is 12.5. The Labute approximate surface area is 162 Å². The smallest absolute Gasteiger partial charge is 0.317 e. The third-order valence-corrected chi connectivity index (χ3v) is 5.70. The zero-order valence-electron chi connectivity index (χ0n) is 15.6. The number of piperidine rings is 1. The van der Waals surface area contributed by atoms with Crippen molar-refractivity contribution in [1.82, 2.24) is 40.7 Å². The van der Waals surface area contributed by atoms with Gasteiger partial charge in [-0.25, -0.2) is 14.8 Å². The Kier molecular flexibility index (Phi) is 5.18. The molecule has 0 aliphatic carbocycles. The minimum Gasteiger partial charge on any atom is -0.356 e. The predicted molar refractivity (Wildman–Crippen MR) is 99.7 cm³/mol. The van der Waals surface area contributed by atoms with Gasteiger partial charge in [0, 0.05) is 38.4 Å². The van der Waals surface area contributed by atoms with Gasteiger partial charge in [0.05, 0.1) is 12.7 Å². The van der Waals surface area contributed by atoms with Crippen molar-refractivity contribution in [3.8, 4) is 11.5 Å². The van der Waals surface area contributed by atoms with Crippen LogP contribution in [0.2, 0.25) is 0 Å². The summed E-state index contributed by atoms with van der Waals surface area (Å²) in [5, 5.41) is 12.8. The van der Waals surface area contributed by atoms with Gasteiger partial charge >= 0.3 is 6.03 Å². The maximum Gasteiger partial charge on any atom is 0.317 e. The van der Waals surface area contributed by atoms with Gasteiger partial charge in [-0.2, -0.15) is 5.10 Å². The molecule has 0 unspecified atom stereocenters. The first-order valence-corrected chi connectivity index (χ1v) is 9.61. The third-order valence-electron chi connectivity index (χ3n) is 5.70. The zero-order valence-corrected chi connectivity index (χ0v) is 15.6. The summed E-state index contributed by atoms with van der Waals surface area (Å²) in [5.41, 5.74) is 0.765. The van der Waals surface area contributed by atoms with Gasteiger partial charge in [-0.05, 0) is 31.1 Å². The Bertz CT molecular complexity index is 829. The third kappa shape index (κ3) is 4.10. The highest BCUT2D eigenvalue weighted by molar-refractivity contribution is 5.76. The van der Waals surface area contributed by atoms with Crippen LogP contribution in [0, 0.1) is 5.41 Å². The van der Waals surface area contributed by atoms with Crippen molar-refractivity contribution in [3.05, 3.63) is 24.4 Å². The molecule has 10 heteroatoms. The van der Waals surface area contributed by atoms with Gasteiger partial charge in [0.25, 0.3) is 0 Å². The number of likely N-dealkylation sites (tertiary alicyclic amines) is 1. The maximum atomic E-state index is 12.5. The summed E-state index contributed by atoms with van der Waals surface area (Å²) in [6.07, 6.45) is 9.13. The van der Waals surface area contributed by atoms with E-state index in [1.807, 2.05) is 4.90 Å². The zero-order chi connectivity index (χ0) is 19.4. The lowest BCUT2D eigenvalue weighted by molar-refractivity contribution is -0.121. The van der Waals surface area contributed by atoms with Crippen LogP contribution in [-0.2, 0) is 11.3 Å². The van der Waals surface area contributed by atoms with E-state index in [9.17, 15) is 9.59 Å². The number of amides is 3. The van der Waals surface area contributed by atoms with Gasteiger partial charge in [-0.1, -0.05) is 0 Å². The summed E-state index contributed by atoms with van der Waals surface area (Å²) in [6.45, 7) is 2.43. The molecule has 0 aromatic carbocycles. The number of nitrogens with zero attached hydrogens (tertiary/aromatic N) is 5. The number of H-pyrrole nitrogens is 1. The summed E-state index contributed by atoms with van der Waals surface area (Å²) in [5.74, 6) is 1.16. The molecule has 10 nitrogen and oxygen atoms in total. The van der Waals surface area contributed by atoms with Crippen LogP contribution in [0.4, 0.5) is 4.79 Å². The van der Waals surface area contributed by atoms with Crippen molar-refractivity contribution in [3.63, 3.8) is 0 Å². The number of rotatable bonds is 3. The fourth-order valence-electron chi connectivity index (χ4n) is 3.92. The Hall–Kier alpha value is -3.04. The summed E-state index contributed by atoms with van der Waals surface area (Å²) in [4.78, 5) is 38.4. The molecule has 4 rings (SSSR count). The van der Waals surface area contributed by atoms with Gasteiger partial charge < -0.3 is 15.5 Å². The normalized spacial score (nSPS) is 19.1. The van der Waals surface area contributed by atoms with E-state index in [2.05, 4.69) is 35.8 Å². The average molecular weight is 384 g/mol. The van der Waals surface area contributed by atoms with Gasteiger partial charge in [0.15, 0.2) is 0 Å². The second-order valence-corrected chi connectivity index (χ2v) is 7.44. The molecule has 3 N–H and O–H groups in total. The van der Waals surface area contributed by atoms with Gasteiger partial charge in [0.1, 0.15) is 11.5 Å². The number of aromatic nitrogens is 5. The van der Waals surface area contributed by atoms with E-state index >= 15 is 0 Å². The van der Waals surface area contributed by atoms with Crippen LogP contribution in [0.5, 0.6) is 0 Å². The lowest BCUT2D eigenvalue weighted by Crippen LogP contribution is -2.47. The molecular formula is C18H24N8O2. The first kappa shape index (κ1) is 18.3. The van der Waals surface area contributed by atoms with Crippen LogP contribution in [-0.4, -0.2) is 61.6 Å². The van der Waals surface area contributed by atoms with E-state index in [1.165, 1.54) is 0 Å². The van der Waals surface area contributed by atoms with Crippen molar-refractivity contribution in [2.45, 2.75) is 38.6 Å². The first-order chi connectivity index (χ1) is 13.6. The molecule has 4 heterocycles. The summed E-state index contributed by atoms with van der Waals surface area (Å²) in [7, 11) is 0. The Morgan fingerprint density at radius 1 is 1.21 bits per heavy atom. The quantitative estimate of drug-likeness (QED) is 0.720. The molecule has 0 bridgehead atoms. The predicted octanol–water partition coefficient (Wildman–Crippen LogP) is 0.854. The van der Waals surface area contributed by atoms with Crippen LogP contribution in [0.3, 0.4) is 0 Å². The second-order valence-electron chi connectivity index (χ2n) is 7.44. The van der Waals surface area contributed by atoms with Crippen molar-refractivity contribution >= 4 is 11.9 Å². The Morgan fingerprint density at radius 2 is 2.07 bits per heavy atom. The van der Waals surface area contributed by atoms with Crippen LogP contribution in [0.15, 0.2) is 18.6 Å². The topological polar surface area (TPSA) is 129 Å². The Balaban J connectivity index is 1.27. The van der Waals surface area contributed by atoms with E-state index in [0.717, 1.165) is 32.2 Å². The van der Waals surface area contributed by atoms with Gasteiger partial charge in [-0.3, -0.25) is 14.9 Å². The van der Waals surface area contributed by atoms with Gasteiger partial charge in [0.2, 0.25) is 11.7 Å². The molecule has 28 heavy (non-hydrogen) atoms. The molecule has 2 aromatic rings. The molecule has 2 fully saturated rings. The minimum absolute atomic E-state index is 0.102. The molecule has 0 atom stereocenters. The molecule has 1 spiro atoms. The molecule has 2 aromatic heterocycles. The molecular weight excluding hydrogens is 360 g/mol. The fourth-order valence-corrected chi connectivity index (χ4v) is 3.92. The number of hydrogen-bond donors (Lipinski definition) is 3. The monoisotopic (exact) mass is 384 g/mol. The molecule has 2 saturated heterocycles. The minimum atomic E-state index is -0.102. The second kappa shape index (κ2) is 7.91. The molecule has 2 aliphatic heterocycles. The van der Waals surface area contributed by atoms with Gasteiger partial charge in [-0.15, -0.1) is 0 Å². The van der Waals surface area contributed by atoms with E-state index in [-0.39, 0.29) is 23.9 Å². The number of hydrogen-bond acceptors (Lipinski definition) is 6. The highest BCUT2D eigenvalue weighted by atomic mass is 16.2. The van der Waals surface area contributed by atoms with Crippen LogP contribution >= 0.6 is 0 Å². The fraction of sp³-hybridized carbons (Fsp3) is 0.556. The summed E-state index contributed by atoms with van der Waals surface area (Å²) < 4.78 is 0. The van der Waals surface area contributed by atoms with E-state index in [1.54, 1.807) is 18.6 Å². The van der Waals surface area contributed by atoms with E-state index in [0.29, 0.717) is 36.9 Å². The van der Waals surface area contributed by atoms with Crippen molar-refractivity contribution in [2.24, 2.45) is 5.41 Å². The number of carbonyl (C=O) groups excluding carboxylic acids is 2. The lowest BCUT2D eigenvalue weighted by atomic mass is 9.73. The van der Waals surface area contributed by atoms with Crippen molar-refractivity contribution in [2.75, 3.05) is 19.6 Å². The number of urea groups is 1. The largest absolute Gasteiger partial charge is 0.356 e. The summed E-state index contributed by atoms with van der Waals surface area (Å²) in [6, 6.07) is -0.102. The molecule has 2 aliphatic rings. The summed E-state index contributed by atoms with van der Waals surface area (Å²) >= 11 is 0. The van der Waals surface area contributed by atoms with Crippen molar-refractivity contribution < 1.29 is 9.59 Å². The highest BCUT2D eigenvalue weighted by Gasteiger charge is 2.37. The van der Waals surface area contributed by atoms with E-state index in [4.69, 9.17) is 0 Å². The molecule has 3 amide bonds. The number of aromatic amines is 1. The van der Waals surface area contributed by atoms with Crippen LogP contribution in [0.25, 0.3) is 11.5 Å². The highest BCUT2D eigenvalue weighted by Crippen LogP contribution is 2.40. The standard InChI is InChI=1S/C18H24N8O2/c27-15-1-2-18(3-6-21-15)4-9-26(10-5-18)17(28)22-12-14-23-16(25-24-14)13-11-19-7-8-20-13/h7-8,11H,1-6,9-10,12H2,(H,21,27)(H,22,28)(H,23,24,25). The average Bonchev–Trinajstić information content (AvgIpc) is 3.14. The molecule has 148 valence electrons. The van der Waals surface area contributed by atoms with Crippen LogP contribution in [0.1, 0.15) is 37.9 Å².